The van der Waals surface area contributed by atoms with Gasteiger partial charge in [-0.3, -0.25) is 19.7 Å². The average Bonchev–Trinajstić information content (AvgIpc) is 2.95. The van der Waals surface area contributed by atoms with Crippen molar-refractivity contribution in [2.75, 3.05) is 12.3 Å². The fourth-order valence-corrected chi connectivity index (χ4v) is 3.93. The summed E-state index contributed by atoms with van der Waals surface area (Å²) in [5, 5.41) is 13.9. The Balaban J connectivity index is 1.76. The molecule has 1 aromatic rings. The summed E-state index contributed by atoms with van der Waals surface area (Å²) < 4.78 is 1.47. The zero-order chi connectivity index (χ0) is 16.4. The third kappa shape index (κ3) is 2.94. The smallest absolute Gasteiger partial charge is 0.252 e. The average molecular weight is 338 g/mol. The zero-order valence-electron chi connectivity index (χ0n) is 12.8. The fourth-order valence-electron chi connectivity index (χ4n) is 3.21. The molecule has 1 saturated carbocycles. The number of carbonyl (C=O) groups excluding carboxylic acids is 3. The predicted molar refractivity (Wildman–Crippen MR) is 80.2 cm³/mol. The highest BCUT2D eigenvalue weighted by Crippen LogP contribution is 2.36. The van der Waals surface area contributed by atoms with Crippen LogP contribution in [0.5, 0.6) is 0 Å². The summed E-state index contributed by atoms with van der Waals surface area (Å²) in [6.45, 7) is -0.0673. The molecule has 0 bridgehead atoms. The second-order valence-electron chi connectivity index (χ2n) is 5.82. The second kappa shape index (κ2) is 6.26. The molecule has 3 rings (SSSR count). The van der Waals surface area contributed by atoms with Gasteiger partial charge in [-0.2, -0.15) is 0 Å². The maximum Gasteiger partial charge on any atom is 0.252 e. The van der Waals surface area contributed by atoms with Crippen molar-refractivity contribution in [2.24, 2.45) is 7.05 Å². The van der Waals surface area contributed by atoms with Crippen LogP contribution in [0.3, 0.4) is 0 Å². The first-order valence-electron chi connectivity index (χ1n) is 7.53. The summed E-state index contributed by atoms with van der Waals surface area (Å²) in [6, 6.07) is 0. The summed E-state index contributed by atoms with van der Waals surface area (Å²) in [6.07, 6.45) is 4.02. The molecule has 1 aromatic heterocycles. The molecule has 1 aliphatic carbocycles. The Bertz CT molecular complexity index is 639. The van der Waals surface area contributed by atoms with E-state index in [1.165, 1.54) is 21.3 Å². The van der Waals surface area contributed by atoms with E-state index in [0.717, 1.165) is 19.3 Å². The van der Waals surface area contributed by atoms with Gasteiger partial charge in [0.25, 0.3) is 5.91 Å². The van der Waals surface area contributed by atoms with Gasteiger partial charge < -0.3 is 4.90 Å². The van der Waals surface area contributed by atoms with Crippen LogP contribution in [0.4, 0.5) is 0 Å². The first kappa shape index (κ1) is 15.9. The molecule has 124 valence electrons. The largest absolute Gasteiger partial charge is 0.318 e. The Morgan fingerprint density at radius 1 is 1.30 bits per heavy atom. The van der Waals surface area contributed by atoms with Gasteiger partial charge >= 0.3 is 0 Å². The van der Waals surface area contributed by atoms with Gasteiger partial charge in [-0.05, 0) is 23.3 Å². The van der Waals surface area contributed by atoms with Gasteiger partial charge in [0.2, 0.25) is 17.0 Å². The van der Waals surface area contributed by atoms with Gasteiger partial charge in [0, 0.05) is 7.05 Å². The highest BCUT2D eigenvalue weighted by atomic mass is 32.2. The minimum Gasteiger partial charge on any atom is -0.318 e. The molecule has 23 heavy (non-hydrogen) atoms. The predicted octanol–water partition coefficient (Wildman–Crippen LogP) is -0.510. The summed E-state index contributed by atoms with van der Waals surface area (Å²) in [4.78, 5) is 38.3. The number of thioether (sulfide) groups is 1. The van der Waals surface area contributed by atoms with E-state index in [1.54, 1.807) is 7.05 Å². The zero-order valence-corrected chi connectivity index (χ0v) is 13.6. The number of amides is 3. The monoisotopic (exact) mass is 338 g/mol. The molecule has 2 aliphatic rings. The van der Waals surface area contributed by atoms with E-state index in [1.807, 2.05) is 0 Å². The molecule has 2 heterocycles. The molecule has 3 amide bonds. The lowest BCUT2D eigenvalue weighted by Gasteiger charge is -2.47. The minimum atomic E-state index is -0.873. The van der Waals surface area contributed by atoms with Gasteiger partial charge in [0.1, 0.15) is 12.1 Å². The topological polar surface area (TPSA) is 110 Å². The van der Waals surface area contributed by atoms with Crippen LogP contribution in [0.2, 0.25) is 0 Å². The molecule has 1 spiro atoms. The fraction of sp³-hybridized carbons (Fsp3) is 0.692. The lowest BCUT2D eigenvalue weighted by Crippen LogP contribution is -2.69. The lowest BCUT2D eigenvalue weighted by atomic mass is 9.78. The number of aromatic nitrogens is 4. The van der Waals surface area contributed by atoms with E-state index < -0.39 is 11.4 Å². The van der Waals surface area contributed by atoms with Crippen LogP contribution in [0, 0.1) is 0 Å². The molecule has 2 fully saturated rings. The van der Waals surface area contributed by atoms with E-state index >= 15 is 0 Å². The van der Waals surface area contributed by atoms with Gasteiger partial charge in [-0.1, -0.05) is 31.0 Å². The maximum absolute atomic E-state index is 12.7. The van der Waals surface area contributed by atoms with Gasteiger partial charge in [0.15, 0.2) is 0 Å². The highest BCUT2D eigenvalue weighted by molar-refractivity contribution is 7.99. The van der Waals surface area contributed by atoms with Gasteiger partial charge in [-0.15, -0.1) is 5.10 Å². The summed E-state index contributed by atoms with van der Waals surface area (Å²) in [5.74, 6) is -0.906. The Hall–Kier alpha value is -1.97. The quantitative estimate of drug-likeness (QED) is 0.584. The number of aryl methyl sites for hydroxylation is 1. The van der Waals surface area contributed by atoms with Crippen molar-refractivity contribution in [2.45, 2.75) is 42.8 Å². The Kier molecular flexibility index (Phi) is 4.33. The van der Waals surface area contributed by atoms with Crippen LogP contribution in [0.25, 0.3) is 0 Å². The molecular formula is C13H18N6O3S. The first-order chi connectivity index (χ1) is 11.0. The molecule has 1 N–H and O–H groups in total. The van der Waals surface area contributed by atoms with Crippen molar-refractivity contribution in [3.8, 4) is 0 Å². The van der Waals surface area contributed by atoms with Gasteiger partial charge in [-0.25, -0.2) is 4.68 Å². The molecular weight excluding hydrogens is 320 g/mol. The van der Waals surface area contributed by atoms with E-state index in [2.05, 4.69) is 20.8 Å². The van der Waals surface area contributed by atoms with Crippen molar-refractivity contribution in [3.05, 3.63) is 0 Å². The maximum atomic E-state index is 12.7. The normalized spacial score (nSPS) is 20.7. The van der Waals surface area contributed by atoms with Crippen LogP contribution in [-0.2, 0) is 21.4 Å². The lowest BCUT2D eigenvalue weighted by molar-refractivity contribution is -0.158. The molecule has 1 aliphatic heterocycles. The number of hydrogen-bond donors (Lipinski definition) is 1. The number of carbonyl (C=O) groups is 3. The summed E-state index contributed by atoms with van der Waals surface area (Å²) >= 11 is 1.20. The molecule has 0 atom stereocenters. The van der Waals surface area contributed by atoms with E-state index in [9.17, 15) is 14.4 Å². The highest BCUT2D eigenvalue weighted by Gasteiger charge is 2.50. The van der Waals surface area contributed by atoms with Crippen LogP contribution in [0.15, 0.2) is 5.16 Å². The standard InChI is InChI=1S/C13H18N6O3S/c1-18-12(15-16-17-18)23-8-10(21)19-7-9(20)14-11(22)13(19)5-3-2-4-6-13/h2-8H2,1H3,(H,14,20,22). The molecule has 10 heteroatoms. The number of imide groups is 1. The number of nitrogens with one attached hydrogen (secondary N) is 1. The molecule has 1 saturated heterocycles. The van der Waals surface area contributed by atoms with Crippen molar-refractivity contribution < 1.29 is 14.4 Å². The summed E-state index contributed by atoms with van der Waals surface area (Å²) in [7, 11) is 1.69. The molecule has 9 nitrogen and oxygen atoms in total. The van der Waals surface area contributed by atoms with Crippen LogP contribution in [-0.4, -0.2) is 60.7 Å². The third-order valence-electron chi connectivity index (χ3n) is 4.38. The second-order valence-corrected chi connectivity index (χ2v) is 6.77. The van der Waals surface area contributed by atoms with E-state index in [-0.39, 0.29) is 24.1 Å². The van der Waals surface area contributed by atoms with Crippen molar-refractivity contribution in [1.82, 2.24) is 30.4 Å². The van der Waals surface area contributed by atoms with E-state index in [4.69, 9.17) is 0 Å². The summed E-state index contributed by atoms with van der Waals surface area (Å²) in [5.41, 5.74) is -0.873. The Labute approximate surface area is 137 Å². The number of nitrogens with zero attached hydrogens (tertiary/aromatic N) is 5. The molecule has 0 radical (unpaired) electrons. The van der Waals surface area contributed by atoms with Gasteiger partial charge in [0.05, 0.1) is 5.75 Å². The van der Waals surface area contributed by atoms with E-state index in [0.29, 0.717) is 18.0 Å². The van der Waals surface area contributed by atoms with Crippen LogP contribution >= 0.6 is 11.8 Å². The first-order valence-corrected chi connectivity index (χ1v) is 8.51. The molecule has 0 unspecified atom stereocenters. The number of piperazine rings is 1. The van der Waals surface area contributed by atoms with Crippen LogP contribution in [0.1, 0.15) is 32.1 Å². The Morgan fingerprint density at radius 2 is 2.04 bits per heavy atom. The molecule has 0 aromatic carbocycles. The Morgan fingerprint density at radius 3 is 2.70 bits per heavy atom. The van der Waals surface area contributed by atoms with Crippen molar-refractivity contribution in [3.63, 3.8) is 0 Å². The number of hydrogen-bond acceptors (Lipinski definition) is 7. The third-order valence-corrected chi connectivity index (χ3v) is 5.38. The van der Waals surface area contributed by atoms with Crippen molar-refractivity contribution >= 4 is 29.5 Å². The number of rotatable bonds is 3. The minimum absolute atomic E-state index is 0.0673. The van der Waals surface area contributed by atoms with Crippen molar-refractivity contribution in [1.29, 1.82) is 0 Å². The number of tetrazole rings is 1. The van der Waals surface area contributed by atoms with Crippen LogP contribution < -0.4 is 5.32 Å². The SMILES string of the molecule is Cn1nnnc1SCC(=O)N1CC(=O)NC(=O)C12CCCCC2.